The molecule has 4 rings (SSSR count). The lowest BCUT2D eigenvalue weighted by Crippen LogP contribution is -2.54. The molecule has 1 aliphatic heterocycles. The molecule has 1 saturated carbocycles. The SMILES string of the molecule is CC(C)(C)OC(=O)N1Cc2cc(O)ccc2CC1[C@H](O)CNC(=O)c1cc(NC2CCC2)ccn1. The van der Waals surface area contributed by atoms with Crippen molar-refractivity contribution in [3.8, 4) is 5.75 Å². The summed E-state index contributed by atoms with van der Waals surface area (Å²) in [7, 11) is 0. The molecule has 1 aliphatic carbocycles. The Kier molecular flexibility index (Phi) is 7.16. The second-order valence-electron chi connectivity index (χ2n) is 10.3. The van der Waals surface area contributed by atoms with Gasteiger partial charge in [-0.15, -0.1) is 0 Å². The number of fused-ring (bicyclic) bond motifs is 1. The van der Waals surface area contributed by atoms with Crippen molar-refractivity contribution >= 4 is 17.7 Å². The summed E-state index contributed by atoms with van der Waals surface area (Å²) >= 11 is 0. The average molecular weight is 483 g/mol. The minimum atomic E-state index is -1.04. The molecule has 1 fully saturated rings. The van der Waals surface area contributed by atoms with E-state index in [1.54, 1.807) is 51.2 Å². The normalized spacial score (nSPS) is 18.7. The minimum absolute atomic E-state index is 0.0574. The molecule has 2 aliphatic rings. The molecule has 0 saturated heterocycles. The van der Waals surface area contributed by atoms with E-state index < -0.39 is 29.7 Å². The third-order valence-corrected chi connectivity index (χ3v) is 6.37. The number of carbonyl (C=O) groups excluding carboxylic acids is 2. The van der Waals surface area contributed by atoms with Gasteiger partial charge >= 0.3 is 6.09 Å². The summed E-state index contributed by atoms with van der Waals surface area (Å²) in [6, 6.07) is 8.36. The van der Waals surface area contributed by atoms with Crippen molar-refractivity contribution in [2.24, 2.45) is 0 Å². The van der Waals surface area contributed by atoms with Gasteiger partial charge in [0.05, 0.1) is 12.1 Å². The highest BCUT2D eigenvalue weighted by Crippen LogP contribution is 2.29. The van der Waals surface area contributed by atoms with Crippen molar-refractivity contribution in [3.05, 3.63) is 53.3 Å². The molecule has 0 spiro atoms. The first kappa shape index (κ1) is 24.8. The van der Waals surface area contributed by atoms with Crippen LogP contribution in [-0.4, -0.2) is 62.4 Å². The number of carbonyl (C=O) groups is 2. The van der Waals surface area contributed by atoms with Crippen molar-refractivity contribution in [1.29, 1.82) is 0 Å². The Morgan fingerprint density at radius 3 is 2.66 bits per heavy atom. The summed E-state index contributed by atoms with van der Waals surface area (Å²) in [6.45, 7) is 5.46. The lowest BCUT2D eigenvalue weighted by molar-refractivity contribution is -0.0113. The molecule has 2 heterocycles. The fraction of sp³-hybridized carbons (Fsp3) is 0.500. The summed E-state index contributed by atoms with van der Waals surface area (Å²) in [5, 5.41) is 27.0. The van der Waals surface area contributed by atoms with E-state index in [1.807, 2.05) is 6.07 Å². The van der Waals surface area contributed by atoms with Gasteiger partial charge < -0.3 is 25.6 Å². The Bertz CT molecular complexity index is 1080. The predicted octanol–water partition coefficient (Wildman–Crippen LogP) is 3.20. The summed E-state index contributed by atoms with van der Waals surface area (Å²) in [5.74, 6) is -0.285. The van der Waals surface area contributed by atoms with E-state index in [9.17, 15) is 19.8 Å². The molecule has 9 nitrogen and oxygen atoms in total. The Hall–Kier alpha value is -3.33. The lowest BCUT2D eigenvalue weighted by atomic mass is 9.91. The lowest BCUT2D eigenvalue weighted by Gasteiger charge is -2.40. The van der Waals surface area contributed by atoms with Crippen LogP contribution < -0.4 is 10.6 Å². The Labute approximate surface area is 205 Å². The van der Waals surface area contributed by atoms with Crippen LogP contribution >= 0.6 is 0 Å². The largest absolute Gasteiger partial charge is 0.508 e. The van der Waals surface area contributed by atoms with Crippen LogP contribution in [0.1, 0.15) is 61.6 Å². The monoisotopic (exact) mass is 482 g/mol. The van der Waals surface area contributed by atoms with E-state index in [0.717, 1.165) is 29.7 Å². The second-order valence-corrected chi connectivity index (χ2v) is 10.3. The van der Waals surface area contributed by atoms with Gasteiger partial charge in [0, 0.05) is 31.0 Å². The molecule has 4 N–H and O–H groups in total. The van der Waals surface area contributed by atoms with Crippen LogP contribution in [0.25, 0.3) is 0 Å². The van der Waals surface area contributed by atoms with E-state index in [1.165, 1.54) is 11.3 Å². The number of ether oxygens (including phenoxy) is 1. The first-order chi connectivity index (χ1) is 16.6. The summed E-state index contributed by atoms with van der Waals surface area (Å²) in [5.41, 5.74) is 2.12. The zero-order chi connectivity index (χ0) is 25.2. The maximum atomic E-state index is 13.0. The van der Waals surface area contributed by atoms with Crippen molar-refractivity contribution in [2.75, 3.05) is 11.9 Å². The number of hydrogen-bond donors (Lipinski definition) is 4. The van der Waals surface area contributed by atoms with Gasteiger partial charge in [-0.3, -0.25) is 14.7 Å². The number of anilines is 1. The minimum Gasteiger partial charge on any atom is -0.508 e. The Balaban J connectivity index is 1.44. The fourth-order valence-electron chi connectivity index (χ4n) is 4.32. The molecular formula is C26H34N4O5. The summed E-state index contributed by atoms with van der Waals surface area (Å²) < 4.78 is 5.57. The van der Waals surface area contributed by atoms with Crippen LogP contribution in [0.2, 0.25) is 0 Å². The fourth-order valence-corrected chi connectivity index (χ4v) is 4.32. The topological polar surface area (TPSA) is 124 Å². The average Bonchev–Trinajstić information content (AvgIpc) is 2.77. The van der Waals surface area contributed by atoms with E-state index in [0.29, 0.717) is 12.5 Å². The van der Waals surface area contributed by atoms with E-state index >= 15 is 0 Å². The molecular weight excluding hydrogens is 448 g/mol. The Morgan fingerprint density at radius 2 is 1.97 bits per heavy atom. The van der Waals surface area contributed by atoms with Crippen LogP contribution in [0.4, 0.5) is 10.5 Å². The molecule has 1 aromatic carbocycles. The maximum Gasteiger partial charge on any atom is 0.410 e. The van der Waals surface area contributed by atoms with Gasteiger partial charge in [-0.05, 0) is 81.8 Å². The van der Waals surface area contributed by atoms with Gasteiger partial charge in [0.25, 0.3) is 5.91 Å². The number of benzene rings is 1. The number of amides is 2. The maximum absolute atomic E-state index is 13.0. The number of phenolic OH excluding ortho intramolecular Hbond substituents is 1. The second kappa shape index (κ2) is 10.1. The number of nitrogens with one attached hydrogen (secondary N) is 2. The number of rotatable bonds is 6. The molecule has 0 bridgehead atoms. The predicted molar refractivity (Wildman–Crippen MR) is 131 cm³/mol. The van der Waals surface area contributed by atoms with Crippen molar-refractivity contribution in [1.82, 2.24) is 15.2 Å². The molecule has 2 aromatic rings. The van der Waals surface area contributed by atoms with Crippen molar-refractivity contribution in [2.45, 2.75) is 76.8 Å². The van der Waals surface area contributed by atoms with Crippen LogP contribution in [-0.2, 0) is 17.7 Å². The van der Waals surface area contributed by atoms with Crippen molar-refractivity contribution in [3.63, 3.8) is 0 Å². The van der Waals surface area contributed by atoms with Gasteiger partial charge in [-0.1, -0.05) is 6.07 Å². The number of pyridine rings is 1. The quantitative estimate of drug-likeness (QED) is 0.498. The molecule has 2 atom stereocenters. The van der Waals surface area contributed by atoms with Crippen LogP contribution in [0.3, 0.4) is 0 Å². The van der Waals surface area contributed by atoms with Crippen LogP contribution in [0, 0.1) is 0 Å². The third-order valence-electron chi connectivity index (χ3n) is 6.37. The van der Waals surface area contributed by atoms with Gasteiger partial charge in [0.1, 0.15) is 17.0 Å². The molecule has 188 valence electrons. The number of aromatic nitrogens is 1. The number of nitrogens with zero attached hydrogens (tertiary/aromatic N) is 2. The molecule has 1 aromatic heterocycles. The van der Waals surface area contributed by atoms with Gasteiger partial charge in [-0.25, -0.2) is 4.79 Å². The zero-order valence-corrected chi connectivity index (χ0v) is 20.5. The highest BCUT2D eigenvalue weighted by molar-refractivity contribution is 5.93. The zero-order valence-electron chi connectivity index (χ0n) is 20.5. The van der Waals surface area contributed by atoms with E-state index in [4.69, 9.17) is 4.74 Å². The molecule has 1 unspecified atom stereocenters. The summed E-state index contributed by atoms with van der Waals surface area (Å²) in [4.78, 5) is 31.3. The van der Waals surface area contributed by atoms with E-state index in [-0.39, 0.29) is 24.5 Å². The van der Waals surface area contributed by atoms with Crippen molar-refractivity contribution < 1.29 is 24.5 Å². The van der Waals surface area contributed by atoms with Crippen LogP contribution in [0.15, 0.2) is 36.5 Å². The van der Waals surface area contributed by atoms with Gasteiger partial charge in [0.2, 0.25) is 0 Å². The third kappa shape index (κ3) is 6.22. The molecule has 0 radical (unpaired) electrons. The number of aliphatic hydroxyl groups excluding tert-OH is 1. The van der Waals surface area contributed by atoms with Gasteiger partial charge in [0.15, 0.2) is 0 Å². The van der Waals surface area contributed by atoms with E-state index in [2.05, 4.69) is 15.6 Å². The number of aliphatic hydroxyl groups is 1. The van der Waals surface area contributed by atoms with Crippen LogP contribution in [0.5, 0.6) is 5.75 Å². The number of hydrogen-bond acceptors (Lipinski definition) is 7. The smallest absolute Gasteiger partial charge is 0.410 e. The van der Waals surface area contributed by atoms with Gasteiger partial charge in [-0.2, -0.15) is 0 Å². The first-order valence-electron chi connectivity index (χ1n) is 12.1. The standard InChI is InChI=1S/C26H34N4O5/c1-26(2,3)35-25(34)30-15-17-11-20(31)8-7-16(17)12-22(30)23(32)14-28-24(33)21-13-19(9-10-27-21)29-18-5-4-6-18/h7-11,13,18,22-23,31-32H,4-6,12,14-15H2,1-3H3,(H,27,29)(H,28,33)/t22?,23-/m1/s1. The number of aromatic hydroxyl groups is 1. The summed E-state index contributed by atoms with van der Waals surface area (Å²) in [6.07, 6.45) is 3.81. The number of phenols is 1. The molecule has 9 heteroatoms. The first-order valence-corrected chi connectivity index (χ1v) is 12.1. The highest BCUT2D eigenvalue weighted by atomic mass is 16.6. The molecule has 2 amide bonds. The molecule has 35 heavy (non-hydrogen) atoms. The highest BCUT2D eigenvalue weighted by Gasteiger charge is 2.37. The Morgan fingerprint density at radius 1 is 1.20 bits per heavy atom.